The Balaban J connectivity index is 1.72. The molecule has 0 atom stereocenters. The molecular weight excluding hydrogens is 308 g/mol. The van der Waals surface area contributed by atoms with Gasteiger partial charge in [0.25, 0.3) is 5.91 Å². The van der Waals surface area contributed by atoms with Crippen LogP contribution in [-0.2, 0) is 11.3 Å². The normalized spacial score (nSPS) is 10.3. The Kier molecular flexibility index (Phi) is 5.92. The molecule has 0 aliphatic rings. The molecule has 0 unspecified atom stereocenters. The third kappa shape index (κ3) is 4.97. The molecule has 0 spiro atoms. The maximum Gasteiger partial charge on any atom is 0.254 e. The fraction of sp³-hybridized carbons (Fsp3) is 0.200. The van der Waals surface area contributed by atoms with Gasteiger partial charge in [-0.3, -0.25) is 4.79 Å². The zero-order valence-electron chi connectivity index (χ0n) is 11.3. The lowest BCUT2D eigenvalue weighted by atomic mass is 10.2. The Morgan fingerprint density at radius 2 is 2.19 bits per heavy atom. The second-order valence-corrected chi connectivity index (χ2v) is 5.20. The molecule has 0 saturated heterocycles. The van der Waals surface area contributed by atoms with Crippen molar-refractivity contribution < 1.29 is 9.53 Å². The fourth-order valence-corrected chi connectivity index (χ4v) is 2.19. The molecule has 0 aliphatic carbocycles. The van der Waals surface area contributed by atoms with Gasteiger partial charge < -0.3 is 15.0 Å². The molecule has 2 N–H and O–H groups in total. The summed E-state index contributed by atoms with van der Waals surface area (Å²) in [5.74, 6) is -0.205. The highest BCUT2D eigenvalue weighted by Crippen LogP contribution is 2.11. The predicted octanol–water partition coefficient (Wildman–Crippen LogP) is 3.34. The molecule has 6 heteroatoms. The minimum absolute atomic E-state index is 0.205. The summed E-state index contributed by atoms with van der Waals surface area (Å²) in [4.78, 5) is 14.7. The summed E-state index contributed by atoms with van der Waals surface area (Å²) in [5, 5.41) is 3.44. The number of pyridine rings is 1. The molecule has 0 fully saturated rings. The van der Waals surface area contributed by atoms with E-state index in [-0.39, 0.29) is 5.91 Å². The third-order valence-electron chi connectivity index (χ3n) is 2.75. The summed E-state index contributed by atoms with van der Waals surface area (Å²) in [7, 11) is 0. The van der Waals surface area contributed by atoms with Crippen molar-refractivity contribution in [3.8, 4) is 0 Å². The maximum atomic E-state index is 11.9. The molecule has 0 aliphatic heterocycles. The topological polar surface area (TPSA) is 54.1 Å². The van der Waals surface area contributed by atoms with Gasteiger partial charge in [0.2, 0.25) is 0 Å². The average molecular weight is 323 g/mol. The number of H-pyrrole nitrogens is 1. The monoisotopic (exact) mass is 322 g/mol. The van der Waals surface area contributed by atoms with Gasteiger partial charge in [0, 0.05) is 17.8 Å². The van der Waals surface area contributed by atoms with E-state index in [1.165, 1.54) is 0 Å². The summed E-state index contributed by atoms with van der Waals surface area (Å²) >= 11 is 10.9. The van der Waals surface area contributed by atoms with E-state index in [9.17, 15) is 4.79 Å². The van der Waals surface area contributed by atoms with Crippen molar-refractivity contribution in [2.45, 2.75) is 6.61 Å². The van der Waals surface area contributed by atoms with Gasteiger partial charge >= 0.3 is 0 Å². The first kappa shape index (κ1) is 15.7. The molecule has 1 aromatic heterocycles. The van der Waals surface area contributed by atoms with Crippen molar-refractivity contribution >= 4 is 29.7 Å². The molecule has 1 amide bonds. The van der Waals surface area contributed by atoms with Gasteiger partial charge in [-0.25, -0.2) is 0 Å². The van der Waals surface area contributed by atoms with Crippen LogP contribution in [0, 0.1) is 4.64 Å². The molecule has 1 aromatic carbocycles. The number of nitrogens with one attached hydrogen (secondary N) is 2. The van der Waals surface area contributed by atoms with Crippen molar-refractivity contribution in [2.75, 3.05) is 13.2 Å². The lowest BCUT2D eigenvalue weighted by Gasteiger charge is -2.07. The smallest absolute Gasteiger partial charge is 0.254 e. The van der Waals surface area contributed by atoms with E-state index in [1.807, 2.05) is 24.3 Å². The number of carbonyl (C=O) groups excluding carboxylic acids is 1. The maximum absolute atomic E-state index is 11.9. The lowest BCUT2D eigenvalue weighted by Crippen LogP contribution is -2.27. The van der Waals surface area contributed by atoms with Gasteiger partial charge in [-0.15, -0.1) is 0 Å². The number of halogens is 1. The van der Waals surface area contributed by atoms with Crippen molar-refractivity contribution in [3.63, 3.8) is 0 Å². The van der Waals surface area contributed by atoms with E-state index >= 15 is 0 Å². The third-order valence-corrected chi connectivity index (χ3v) is 3.33. The van der Waals surface area contributed by atoms with Crippen LogP contribution in [0.15, 0.2) is 42.6 Å². The molecular formula is C15H15ClN2O2S. The molecule has 0 radical (unpaired) electrons. The van der Waals surface area contributed by atoms with Crippen molar-refractivity contribution in [3.05, 3.63) is 63.4 Å². The molecule has 4 nitrogen and oxygen atoms in total. The van der Waals surface area contributed by atoms with Crippen LogP contribution in [0.25, 0.3) is 0 Å². The molecule has 2 aromatic rings. The van der Waals surface area contributed by atoms with E-state index in [0.29, 0.717) is 35.0 Å². The van der Waals surface area contributed by atoms with Crippen molar-refractivity contribution in [1.29, 1.82) is 0 Å². The van der Waals surface area contributed by atoms with Crippen LogP contribution in [0.2, 0.25) is 5.02 Å². The molecule has 110 valence electrons. The average Bonchev–Trinajstić information content (AvgIpc) is 2.47. The molecule has 0 bridgehead atoms. The number of hydrogen-bond acceptors (Lipinski definition) is 3. The minimum Gasteiger partial charge on any atom is -0.375 e. The largest absolute Gasteiger partial charge is 0.375 e. The summed E-state index contributed by atoms with van der Waals surface area (Å²) in [6.07, 6.45) is 1.69. The zero-order valence-corrected chi connectivity index (χ0v) is 12.8. The Hall–Kier alpha value is -1.69. The summed E-state index contributed by atoms with van der Waals surface area (Å²) in [6, 6.07) is 10.9. The van der Waals surface area contributed by atoms with Crippen LogP contribution in [0.1, 0.15) is 15.9 Å². The van der Waals surface area contributed by atoms with E-state index in [2.05, 4.69) is 10.3 Å². The van der Waals surface area contributed by atoms with Crippen LogP contribution in [-0.4, -0.2) is 24.0 Å². The highest BCUT2D eigenvalue weighted by Gasteiger charge is 2.06. The van der Waals surface area contributed by atoms with Gasteiger partial charge in [0.15, 0.2) is 0 Å². The molecule has 2 rings (SSSR count). The number of ether oxygens (including phenoxy) is 1. The minimum atomic E-state index is -0.205. The van der Waals surface area contributed by atoms with Gasteiger partial charge in [-0.1, -0.05) is 36.0 Å². The quantitative estimate of drug-likeness (QED) is 0.633. The predicted molar refractivity (Wildman–Crippen MR) is 85.1 cm³/mol. The van der Waals surface area contributed by atoms with E-state index in [0.717, 1.165) is 5.56 Å². The van der Waals surface area contributed by atoms with Gasteiger partial charge in [0.1, 0.15) is 4.64 Å². The highest BCUT2D eigenvalue weighted by molar-refractivity contribution is 7.71. The van der Waals surface area contributed by atoms with Crippen LogP contribution >= 0.6 is 23.8 Å². The standard InChI is InChI=1S/C15H15ClN2O2S/c16-12-4-1-3-11(9-12)10-20-8-7-17-14(19)13-5-2-6-18-15(13)21/h1-6,9H,7-8,10H2,(H,17,19)(H,18,21). The number of rotatable bonds is 6. The van der Waals surface area contributed by atoms with E-state index in [4.69, 9.17) is 28.6 Å². The van der Waals surface area contributed by atoms with E-state index < -0.39 is 0 Å². The van der Waals surface area contributed by atoms with Crippen LogP contribution in [0.5, 0.6) is 0 Å². The Labute approximate surface area is 133 Å². The van der Waals surface area contributed by atoms with Gasteiger partial charge in [-0.2, -0.15) is 0 Å². The first-order valence-corrected chi connectivity index (χ1v) is 7.23. The summed E-state index contributed by atoms with van der Waals surface area (Å²) in [5.41, 5.74) is 1.46. The number of carbonyl (C=O) groups is 1. The number of hydrogen-bond donors (Lipinski definition) is 2. The van der Waals surface area contributed by atoms with E-state index in [1.54, 1.807) is 18.3 Å². The summed E-state index contributed by atoms with van der Waals surface area (Å²) < 4.78 is 5.91. The SMILES string of the molecule is O=C(NCCOCc1cccc(Cl)c1)c1ccc[nH]c1=S. The number of aromatic amines is 1. The number of aromatic nitrogens is 1. The Morgan fingerprint density at radius 3 is 2.95 bits per heavy atom. The lowest BCUT2D eigenvalue weighted by molar-refractivity contribution is 0.0900. The fourth-order valence-electron chi connectivity index (χ4n) is 1.75. The Bertz CT molecular complexity index is 672. The zero-order chi connectivity index (χ0) is 15.1. The van der Waals surface area contributed by atoms with Crippen LogP contribution in [0.4, 0.5) is 0 Å². The number of amides is 1. The van der Waals surface area contributed by atoms with Crippen molar-refractivity contribution in [1.82, 2.24) is 10.3 Å². The number of benzene rings is 1. The first-order valence-electron chi connectivity index (χ1n) is 6.45. The van der Waals surface area contributed by atoms with Gasteiger partial charge in [-0.05, 0) is 29.8 Å². The molecule has 21 heavy (non-hydrogen) atoms. The summed E-state index contributed by atoms with van der Waals surface area (Å²) in [6.45, 7) is 1.30. The molecule has 1 heterocycles. The van der Waals surface area contributed by atoms with Gasteiger partial charge in [0.05, 0.1) is 18.8 Å². The van der Waals surface area contributed by atoms with Crippen LogP contribution < -0.4 is 5.32 Å². The Morgan fingerprint density at radius 1 is 1.33 bits per heavy atom. The van der Waals surface area contributed by atoms with Crippen LogP contribution in [0.3, 0.4) is 0 Å². The first-order chi connectivity index (χ1) is 10.2. The second-order valence-electron chi connectivity index (χ2n) is 4.35. The second kappa shape index (κ2) is 7.93. The molecule has 0 saturated carbocycles. The van der Waals surface area contributed by atoms with Crippen molar-refractivity contribution in [2.24, 2.45) is 0 Å². The highest BCUT2D eigenvalue weighted by atomic mass is 35.5.